The topological polar surface area (TPSA) is 90.3 Å². The average Bonchev–Trinajstić information content (AvgIpc) is 3.23. The van der Waals surface area contributed by atoms with Gasteiger partial charge in [0.25, 0.3) is 6.47 Å². The number of phenolic OH excluding ortho intramolecular Hbond substituents is 1. The lowest BCUT2D eigenvalue weighted by Gasteiger charge is -2.48. The van der Waals surface area contributed by atoms with Crippen molar-refractivity contribution in [3.8, 4) is 5.75 Å². The highest BCUT2D eigenvalue weighted by Crippen LogP contribution is 2.37. The predicted octanol–water partition coefficient (Wildman–Crippen LogP) is 2.52. The van der Waals surface area contributed by atoms with Crippen LogP contribution >= 0.6 is 0 Å². The number of rotatable bonds is 4. The SMILES string of the molecule is O=C(N1CCC(Cc2cccc(O)c2)C1)C1(N2CCOCC2)CCCCC1.O=CO. The summed E-state index contributed by atoms with van der Waals surface area (Å²) in [5, 5.41) is 16.6. The third kappa shape index (κ3) is 5.32. The molecule has 2 aliphatic heterocycles. The first-order valence-corrected chi connectivity index (χ1v) is 11.1. The fourth-order valence-electron chi connectivity index (χ4n) is 5.29. The number of carboxylic acid groups (broad SMARTS) is 1. The minimum atomic E-state index is -0.290. The standard InChI is InChI=1S/C22H32N2O3.CH2O2/c25-20-6-4-5-18(16-20)15-19-7-10-23(17-19)21(26)22(8-2-1-3-9-22)24-11-13-27-14-12-24;2-1-3/h4-6,16,19,25H,1-3,7-15,17H2;1H,(H,2,3). The van der Waals surface area contributed by atoms with Crippen molar-refractivity contribution in [2.75, 3.05) is 39.4 Å². The lowest BCUT2D eigenvalue weighted by Crippen LogP contribution is -2.62. The van der Waals surface area contributed by atoms with Gasteiger partial charge in [0.05, 0.1) is 13.2 Å². The molecule has 0 bridgehead atoms. The Morgan fingerprint density at radius 3 is 2.53 bits per heavy atom. The van der Waals surface area contributed by atoms with Gasteiger partial charge in [0.2, 0.25) is 5.91 Å². The first-order valence-electron chi connectivity index (χ1n) is 11.1. The average molecular weight is 419 g/mol. The van der Waals surface area contributed by atoms with Crippen molar-refractivity contribution in [2.45, 2.75) is 50.5 Å². The van der Waals surface area contributed by atoms with Gasteiger partial charge in [-0.25, -0.2) is 0 Å². The van der Waals surface area contributed by atoms with Crippen molar-refractivity contribution in [2.24, 2.45) is 5.92 Å². The largest absolute Gasteiger partial charge is 0.508 e. The van der Waals surface area contributed by atoms with Gasteiger partial charge in [0.15, 0.2) is 0 Å². The van der Waals surface area contributed by atoms with Crippen LogP contribution < -0.4 is 0 Å². The Morgan fingerprint density at radius 2 is 1.87 bits per heavy atom. The Morgan fingerprint density at radius 1 is 1.17 bits per heavy atom. The van der Waals surface area contributed by atoms with Crippen molar-refractivity contribution < 1.29 is 24.5 Å². The molecule has 7 nitrogen and oxygen atoms in total. The summed E-state index contributed by atoms with van der Waals surface area (Å²) in [6, 6.07) is 7.53. The number of carbonyl (C=O) groups excluding carboxylic acids is 1. The number of carbonyl (C=O) groups is 2. The molecule has 1 unspecified atom stereocenters. The van der Waals surface area contributed by atoms with Gasteiger partial charge >= 0.3 is 0 Å². The Bertz CT molecular complexity index is 699. The van der Waals surface area contributed by atoms with Gasteiger partial charge in [0, 0.05) is 26.2 Å². The van der Waals surface area contributed by atoms with Crippen LogP contribution in [0.4, 0.5) is 0 Å². The van der Waals surface area contributed by atoms with E-state index in [0.29, 0.717) is 17.6 Å². The number of hydrogen-bond donors (Lipinski definition) is 2. The maximum absolute atomic E-state index is 13.7. The van der Waals surface area contributed by atoms with Gasteiger partial charge in [-0.15, -0.1) is 0 Å². The second-order valence-corrected chi connectivity index (χ2v) is 8.58. The molecule has 2 N–H and O–H groups in total. The van der Waals surface area contributed by atoms with Gasteiger partial charge in [0.1, 0.15) is 11.3 Å². The zero-order chi connectivity index (χ0) is 21.4. The molecule has 30 heavy (non-hydrogen) atoms. The van der Waals surface area contributed by atoms with Crippen molar-refractivity contribution in [1.82, 2.24) is 9.80 Å². The van der Waals surface area contributed by atoms with Gasteiger partial charge < -0.3 is 19.8 Å². The maximum atomic E-state index is 13.7. The molecule has 7 heteroatoms. The summed E-state index contributed by atoms with van der Waals surface area (Å²) in [6.45, 7) is 4.72. The van der Waals surface area contributed by atoms with E-state index in [0.717, 1.165) is 83.5 Å². The van der Waals surface area contributed by atoms with Crippen molar-refractivity contribution in [1.29, 1.82) is 0 Å². The van der Waals surface area contributed by atoms with E-state index in [1.807, 2.05) is 12.1 Å². The van der Waals surface area contributed by atoms with Crippen molar-refractivity contribution in [3.63, 3.8) is 0 Å². The second-order valence-electron chi connectivity index (χ2n) is 8.58. The van der Waals surface area contributed by atoms with Crippen molar-refractivity contribution in [3.05, 3.63) is 29.8 Å². The summed E-state index contributed by atoms with van der Waals surface area (Å²) in [5.74, 6) is 1.18. The number of phenols is 1. The van der Waals surface area contributed by atoms with E-state index < -0.39 is 0 Å². The number of nitrogens with zero attached hydrogens (tertiary/aromatic N) is 2. The number of likely N-dealkylation sites (tertiary alicyclic amines) is 1. The molecule has 1 saturated carbocycles. The highest BCUT2D eigenvalue weighted by atomic mass is 16.5. The van der Waals surface area contributed by atoms with Crippen LogP contribution in [0.5, 0.6) is 5.75 Å². The molecular weight excluding hydrogens is 384 g/mol. The molecule has 1 aromatic carbocycles. The van der Waals surface area contributed by atoms with E-state index in [1.54, 1.807) is 6.07 Å². The van der Waals surface area contributed by atoms with Crippen LogP contribution in [0.1, 0.15) is 44.1 Å². The van der Waals surface area contributed by atoms with E-state index >= 15 is 0 Å². The highest BCUT2D eigenvalue weighted by Gasteiger charge is 2.48. The van der Waals surface area contributed by atoms with Gasteiger partial charge in [-0.3, -0.25) is 14.5 Å². The molecule has 2 heterocycles. The molecular formula is C23H34N2O5. The van der Waals surface area contributed by atoms with E-state index in [2.05, 4.69) is 15.9 Å². The molecule has 3 aliphatic rings. The highest BCUT2D eigenvalue weighted by molar-refractivity contribution is 5.87. The van der Waals surface area contributed by atoms with Gasteiger partial charge in [-0.1, -0.05) is 31.4 Å². The second kappa shape index (κ2) is 10.8. The summed E-state index contributed by atoms with van der Waals surface area (Å²) in [7, 11) is 0. The fourth-order valence-corrected chi connectivity index (χ4v) is 5.29. The molecule has 0 aromatic heterocycles. The van der Waals surface area contributed by atoms with Gasteiger partial charge in [-0.2, -0.15) is 0 Å². The lowest BCUT2D eigenvalue weighted by molar-refractivity contribution is -0.150. The first kappa shape index (κ1) is 22.6. The van der Waals surface area contributed by atoms with Crippen LogP contribution in [0.25, 0.3) is 0 Å². The zero-order valence-electron chi connectivity index (χ0n) is 17.7. The monoisotopic (exact) mass is 418 g/mol. The number of hydrogen-bond acceptors (Lipinski definition) is 5. The molecule has 3 fully saturated rings. The number of aromatic hydroxyl groups is 1. The maximum Gasteiger partial charge on any atom is 0.290 e. The lowest BCUT2D eigenvalue weighted by atomic mass is 9.78. The summed E-state index contributed by atoms with van der Waals surface area (Å²) in [5.41, 5.74) is 0.872. The molecule has 1 aliphatic carbocycles. The number of amides is 1. The molecule has 1 amide bonds. The molecule has 166 valence electrons. The molecule has 0 radical (unpaired) electrons. The summed E-state index contributed by atoms with van der Waals surface area (Å²) in [6.07, 6.45) is 7.55. The summed E-state index contributed by atoms with van der Waals surface area (Å²) >= 11 is 0. The Labute approximate surface area is 178 Å². The molecule has 2 saturated heterocycles. The first-order chi connectivity index (χ1) is 14.6. The van der Waals surface area contributed by atoms with E-state index in [1.165, 1.54) is 6.42 Å². The number of morpholine rings is 1. The Kier molecular flexibility index (Phi) is 8.10. The number of ether oxygens (including phenoxy) is 1. The van der Waals surface area contributed by atoms with Crippen LogP contribution in [0.15, 0.2) is 24.3 Å². The number of benzene rings is 1. The Balaban J connectivity index is 0.000000806. The quantitative estimate of drug-likeness (QED) is 0.731. The molecule has 1 aromatic rings. The minimum absolute atomic E-state index is 0.250. The van der Waals surface area contributed by atoms with Gasteiger partial charge in [-0.05, 0) is 49.3 Å². The molecule has 0 spiro atoms. The molecule has 1 atom stereocenters. The summed E-state index contributed by atoms with van der Waals surface area (Å²) < 4.78 is 5.55. The van der Waals surface area contributed by atoms with E-state index in [-0.39, 0.29) is 12.0 Å². The van der Waals surface area contributed by atoms with E-state index in [4.69, 9.17) is 14.6 Å². The smallest absolute Gasteiger partial charge is 0.290 e. The van der Waals surface area contributed by atoms with Crippen LogP contribution in [-0.2, 0) is 20.7 Å². The third-order valence-corrected chi connectivity index (χ3v) is 6.70. The Hall–Kier alpha value is -2.12. The predicted molar refractivity (Wildman–Crippen MR) is 113 cm³/mol. The normalized spacial score (nSPS) is 24.0. The van der Waals surface area contributed by atoms with E-state index in [9.17, 15) is 9.90 Å². The fraction of sp³-hybridized carbons (Fsp3) is 0.652. The zero-order valence-corrected chi connectivity index (χ0v) is 17.7. The van der Waals surface area contributed by atoms with Crippen molar-refractivity contribution >= 4 is 12.4 Å². The summed E-state index contributed by atoms with van der Waals surface area (Å²) in [4.78, 5) is 26.6. The third-order valence-electron chi connectivity index (χ3n) is 6.70. The molecule has 4 rings (SSSR count). The van der Waals surface area contributed by atoms with Crippen LogP contribution in [-0.4, -0.2) is 77.3 Å². The minimum Gasteiger partial charge on any atom is -0.508 e. The van der Waals surface area contributed by atoms with Crippen LogP contribution in [0.3, 0.4) is 0 Å². The van der Waals surface area contributed by atoms with Crippen LogP contribution in [0.2, 0.25) is 0 Å². The van der Waals surface area contributed by atoms with Crippen LogP contribution in [0, 0.1) is 5.92 Å².